The van der Waals surface area contributed by atoms with Gasteiger partial charge in [-0.1, -0.05) is 25.5 Å². The number of nitrogens with zero attached hydrogens (tertiary/aromatic N) is 2. The first-order valence-electron chi connectivity index (χ1n) is 13.8. The molecule has 2 fully saturated rings. The second kappa shape index (κ2) is 12.9. The topological polar surface area (TPSA) is 105 Å². The first kappa shape index (κ1) is 26.9. The maximum atomic E-state index is 13.4. The van der Waals surface area contributed by atoms with Gasteiger partial charge in [0.2, 0.25) is 5.91 Å². The first-order valence-corrected chi connectivity index (χ1v) is 13.8. The molecule has 0 aromatic heterocycles. The van der Waals surface area contributed by atoms with Crippen molar-refractivity contribution in [2.24, 2.45) is 11.7 Å². The summed E-state index contributed by atoms with van der Waals surface area (Å²) in [6, 6.07) is 5.90. The molecule has 0 saturated carbocycles. The van der Waals surface area contributed by atoms with Crippen LogP contribution in [-0.4, -0.2) is 84.9 Å². The Morgan fingerprint density at radius 3 is 2.78 bits per heavy atom. The first-order chi connectivity index (χ1) is 17.5. The van der Waals surface area contributed by atoms with E-state index in [1.54, 1.807) is 0 Å². The van der Waals surface area contributed by atoms with Gasteiger partial charge in [0.1, 0.15) is 5.75 Å². The number of rotatable bonds is 12. The lowest BCUT2D eigenvalue weighted by molar-refractivity contribution is -0.144. The number of unbranched alkanes of at least 4 members (excludes halogenated alkanes) is 1. The van der Waals surface area contributed by atoms with Crippen molar-refractivity contribution in [3.8, 4) is 5.75 Å². The summed E-state index contributed by atoms with van der Waals surface area (Å²) in [5, 5.41) is 10.4. The average Bonchev–Trinajstić information content (AvgIpc) is 3.50. The van der Waals surface area contributed by atoms with Crippen molar-refractivity contribution in [2.45, 2.75) is 76.4 Å². The SMILES string of the molecule is CCCCN(CCN)C(=O)CN1C[C@H](c2ccc3c(c2)CCO3)[C@@H](C(=O)O)[C@@H]1CCC1CCCCO1. The predicted octanol–water partition coefficient (Wildman–Crippen LogP) is 3.03. The summed E-state index contributed by atoms with van der Waals surface area (Å²) in [4.78, 5) is 30.0. The normalized spacial score (nSPS) is 25.9. The van der Waals surface area contributed by atoms with Crippen LogP contribution >= 0.6 is 0 Å². The van der Waals surface area contributed by atoms with Crippen molar-refractivity contribution < 1.29 is 24.2 Å². The Morgan fingerprint density at radius 2 is 2.06 bits per heavy atom. The Hall–Kier alpha value is -2.16. The average molecular weight is 502 g/mol. The van der Waals surface area contributed by atoms with Gasteiger partial charge in [-0.2, -0.15) is 0 Å². The molecule has 2 saturated heterocycles. The van der Waals surface area contributed by atoms with E-state index < -0.39 is 11.9 Å². The molecular weight excluding hydrogens is 458 g/mol. The maximum Gasteiger partial charge on any atom is 0.308 e. The molecule has 3 aliphatic heterocycles. The molecule has 1 aromatic rings. The lowest BCUT2D eigenvalue weighted by Gasteiger charge is -2.31. The Balaban J connectivity index is 1.56. The zero-order valence-corrected chi connectivity index (χ0v) is 21.7. The Labute approximate surface area is 215 Å². The highest BCUT2D eigenvalue weighted by Crippen LogP contribution is 2.41. The van der Waals surface area contributed by atoms with Crippen LogP contribution in [0.15, 0.2) is 18.2 Å². The quantitative estimate of drug-likeness (QED) is 0.454. The molecular formula is C28H43N3O5. The molecule has 1 aromatic carbocycles. The molecule has 1 amide bonds. The van der Waals surface area contributed by atoms with Crippen molar-refractivity contribution in [3.63, 3.8) is 0 Å². The number of carboxylic acids is 1. The zero-order chi connectivity index (χ0) is 25.5. The fourth-order valence-electron chi connectivity index (χ4n) is 6.16. The largest absolute Gasteiger partial charge is 0.493 e. The second-order valence-electron chi connectivity index (χ2n) is 10.5. The molecule has 36 heavy (non-hydrogen) atoms. The van der Waals surface area contributed by atoms with Gasteiger partial charge in [0.25, 0.3) is 0 Å². The van der Waals surface area contributed by atoms with Crippen LogP contribution < -0.4 is 10.5 Å². The molecule has 8 heteroatoms. The Morgan fingerprint density at radius 1 is 1.19 bits per heavy atom. The smallest absolute Gasteiger partial charge is 0.308 e. The van der Waals surface area contributed by atoms with Gasteiger partial charge in [-0.3, -0.25) is 14.5 Å². The molecule has 4 rings (SSSR count). The summed E-state index contributed by atoms with van der Waals surface area (Å²) in [7, 11) is 0. The summed E-state index contributed by atoms with van der Waals surface area (Å²) in [6.45, 7) is 6.00. The number of carbonyl (C=O) groups is 2. The van der Waals surface area contributed by atoms with Crippen LogP contribution in [0.5, 0.6) is 5.75 Å². The number of nitrogens with two attached hydrogens (primary N) is 1. The molecule has 0 aliphatic carbocycles. The maximum absolute atomic E-state index is 13.4. The van der Waals surface area contributed by atoms with E-state index in [9.17, 15) is 14.7 Å². The summed E-state index contributed by atoms with van der Waals surface area (Å²) in [5.74, 6) is -0.585. The second-order valence-corrected chi connectivity index (χ2v) is 10.5. The highest BCUT2D eigenvalue weighted by molar-refractivity contribution is 5.79. The van der Waals surface area contributed by atoms with Crippen LogP contribution in [0.25, 0.3) is 0 Å². The molecule has 200 valence electrons. The van der Waals surface area contributed by atoms with Gasteiger partial charge in [0.15, 0.2) is 0 Å². The number of hydrogen-bond donors (Lipinski definition) is 2. The van der Waals surface area contributed by atoms with E-state index in [1.165, 1.54) is 0 Å². The number of hydrogen-bond acceptors (Lipinski definition) is 6. The molecule has 3 N–H and O–H groups in total. The number of ether oxygens (including phenoxy) is 2. The van der Waals surface area contributed by atoms with Crippen molar-refractivity contribution in [1.29, 1.82) is 0 Å². The molecule has 0 spiro atoms. The van der Waals surface area contributed by atoms with Crippen LogP contribution in [0.1, 0.15) is 68.9 Å². The van der Waals surface area contributed by atoms with E-state index in [2.05, 4.69) is 17.9 Å². The number of likely N-dealkylation sites (tertiary alicyclic amines) is 1. The molecule has 4 atom stereocenters. The number of aliphatic carboxylic acids is 1. The lowest BCUT2D eigenvalue weighted by atomic mass is 9.82. The molecule has 0 radical (unpaired) electrons. The van der Waals surface area contributed by atoms with Gasteiger partial charge in [-0.15, -0.1) is 0 Å². The number of amides is 1. The Bertz CT molecular complexity index is 888. The van der Waals surface area contributed by atoms with Crippen LogP contribution in [0, 0.1) is 5.92 Å². The third-order valence-corrected chi connectivity index (χ3v) is 8.11. The van der Waals surface area contributed by atoms with Gasteiger partial charge in [-0.05, 0) is 55.7 Å². The zero-order valence-electron chi connectivity index (χ0n) is 21.7. The summed E-state index contributed by atoms with van der Waals surface area (Å²) >= 11 is 0. The highest BCUT2D eigenvalue weighted by atomic mass is 16.5. The monoisotopic (exact) mass is 501 g/mol. The molecule has 8 nitrogen and oxygen atoms in total. The van der Waals surface area contributed by atoms with Gasteiger partial charge in [-0.25, -0.2) is 0 Å². The van der Waals surface area contributed by atoms with E-state index in [1.807, 2.05) is 17.0 Å². The van der Waals surface area contributed by atoms with Crippen molar-refractivity contribution in [1.82, 2.24) is 9.80 Å². The van der Waals surface area contributed by atoms with Gasteiger partial charge < -0.3 is 25.2 Å². The van der Waals surface area contributed by atoms with E-state index in [0.29, 0.717) is 39.2 Å². The molecule has 3 heterocycles. The third-order valence-electron chi connectivity index (χ3n) is 8.11. The summed E-state index contributed by atoms with van der Waals surface area (Å²) < 4.78 is 11.6. The van der Waals surface area contributed by atoms with E-state index in [-0.39, 0.29) is 30.5 Å². The molecule has 1 unspecified atom stereocenters. The minimum Gasteiger partial charge on any atom is -0.493 e. The van der Waals surface area contributed by atoms with Crippen LogP contribution in [0.4, 0.5) is 0 Å². The minimum absolute atomic E-state index is 0.0416. The van der Waals surface area contributed by atoms with Gasteiger partial charge in [0.05, 0.1) is 25.2 Å². The number of carbonyl (C=O) groups excluding carboxylic acids is 1. The van der Waals surface area contributed by atoms with Crippen LogP contribution in [-0.2, 0) is 20.7 Å². The van der Waals surface area contributed by atoms with Gasteiger partial charge >= 0.3 is 5.97 Å². The highest BCUT2D eigenvalue weighted by Gasteiger charge is 2.47. The number of carboxylic acid groups (broad SMARTS) is 1. The fourth-order valence-corrected chi connectivity index (χ4v) is 6.16. The summed E-state index contributed by atoms with van der Waals surface area (Å²) in [6.07, 6.45) is 7.79. The van der Waals surface area contributed by atoms with Crippen LogP contribution in [0.2, 0.25) is 0 Å². The fraction of sp³-hybridized carbons (Fsp3) is 0.714. The number of benzene rings is 1. The van der Waals surface area contributed by atoms with Crippen molar-refractivity contribution in [3.05, 3.63) is 29.3 Å². The third kappa shape index (κ3) is 6.39. The lowest BCUT2D eigenvalue weighted by Crippen LogP contribution is -2.46. The van der Waals surface area contributed by atoms with Crippen LogP contribution in [0.3, 0.4) is 0 Å². The van der Waals surface area contributed by atoms with Crippen molar-refractivity contribution in [2.75, 3.05) is 45.9 Å². The van der Waals surface area contributed by atoms with E-state index in [0.717, 1.165) is 68.4 Å². The molecule has 3 aliphatic rings. The van der Waals surface area contributed by atoms with E-state index >= 15 is 0 Å². The minimum atomic E-state index is -0.786. The predicted molar refractivity (Wildman–Crippen MR) is 138 cm³/mol. The van der Waals surface area contributed by atoms with Gasteiger partial charge in [0, 0.05) is 51.2 Å². The Kier molecular flexibility index (Phi) is 9.62. The summed E-state index contributed by atoms with van der Waals surface area (Å²) in [5.41, 5.74) is 7.98. The molecule has 0 bridgehead atoms. The van der Waals surface area contributed by atoms with E-state index in [4.69, 9.17) is 15.2 Å². The van der Waals surface area contributed by atoms with Crippen molar-refractivity contribution >= 4 is 11.9 Å². The standard InChI is InChI=1S/C28H43N3O5/c1-2-3-13-30(14-12-29)26(32)19-31-18-23(20-7-10-25-21(17-20)11-16-36-25)27(28(33)34)24(31)9-8-22-6-4-5-15-35-22/h7,10,17,22-24,27H,2-6,8-9,11-16,18-19,29H2,1H3,(H,33,34)/t22?,23-,24+,27-/m1/s1. The number of fused-ring (bicyclic) bond motifs is 1.